The van der Waals surface area contributed by atoms with Crippen molar-refractivity contribution in [3.63, 3.8) is 0 Å². The molecule has 0 saturated heterocycles. The molecule has 0 spiro atoms. The monoisotopic (exact) mass is 202 g/mol. The Hall–Kier alpha value is 0.0564. The first-order valence-corrected chi connectivity index (χ1v) is 6.00. The average Bonchev–Trinajstić information content (AvgIpc) is 2.09. The molecule has 0 saturated carbocycles. The van der Waals surface area contributed by atoms with E-state index in [4.69, 9.17) is 0 Å². The van der Waals surface area contributed by atoms with E-state index in [-0.39, 0.29) is 11.8 Å². The van der Waals surface area contributed by atoms with Crippen molar-refractivity contribution in [1.82, 2.24) is 10.6 Å². The van der Waals surface area contributed by atoms with E-state index in [0.29, 0.717) is 66.8 Å². The van der Waals surface area contributed by atoms with E-state index in [0.717, 1.165) is 0 Å². The van der Waals surface area contributed by atoms with E-state index in [9.17, 15) is 9.59 Å². The first-order chi connectivity index (χ1) is 6.18. The van der Waals surface area contributed by atoms with Crippen molar-refractivity contribution < 1.29 is 9.59 Å². The van der Waals surface area contributed by atoms with Crippen LogP contribution in [0.1, 0.15) is 6.42 Å². The van der Waals surface area contributed by atoms with Crippen LogP contribution in [0.25, 0.3) is 0 Å². The van der Waals surface area contributed by atoms with Crippen molar-refractivity contribution in [3.8, 4) is 0 Å². The van der Waals surface area contributed by atoms with Gasteiger partial charge in [-0.05, 0) is 0 Å². The molecule has 1 atom stereocenters. The summed E-state index contributed by atoms with van der Waals surface area (Å²) in [5.74, 6) is 0.0462. The Morgan fingerprint density at radius 3 is 3.00 bits per heavy atom. The van der Waals surface area contributed by atoms with Crippen molar-refractivity contribution in [1.29, 1.82) is 0 Å². The quantitative estimate of drug-likeness (QED) is 0.492. The second-order valence-corrected chi connectivity index (χ2v) is 4.98. The molecule has 2 aliphatic rings. The second-order valence-electron chi connectivity index (χ2n) is 3.17. The van der Waals surface area contributed by atoms with Gasteiger partial charge in [0.2, 0.25) is 0 Å². The molecule has 0 fully saturated rings. The number of nitrogens with one attached hydrogen (secondary N) is 2. The van der Waals surface area contributed by atoms with Crippen LogP contribution in [0.5, 0.6) is 0 Å². The molecule has 1 unspecified atom stereocenters. The summed E-state index contributed by atoms with van der Waals surface area (Å²) in [5, 5.41) is 5.68. The zero-order chi connectivity index (χ0) is 9.42. The Morgan fingerprint density at radius 2 is 2.23 bits per heavy atom. The van der Waals surface area contributed by atoms with Crippen LogP contribution in [0.3, 0.4) is 0 Å². The molecule has 0 radical (unpaired) electrons. The van der Waals surface area contributed by atoms with Crippen molar-refractivity contribution in [2.24, 2.45) is 0 Å². The molecule has 1 aliphatic heterocycles. The van der Waals surface area contributed by atoms with Crippen molar-refractivity contribution >= 4 is 60.6 Å². The van der Waals surface area contributed by atoms with E-state index >= 15 is 0 Å². The molecular formula is C8H7KN2O2. The minimum atomic E-state index is -0.137. The maximum atomic E-state index is 11.4. The van der Waals surface area contributed by atoms with Crippen LogP contribution in [0, 0.1) is 0 Å². The van der Waals surface area contributed by atoms with E-state index < -0.39 is 0 Å². The first kappa shape index (κ1) is 9.61. The normalized spacial score (nSPS) is 26.8. The third kappa shape index (κ3) is 1.80. The van der Waals surface area contributed by atoms with Crippen LogP contribution < -0.4 is 10.6 Å². The third-order valence-electron chi connectivity index (χ3n) is 2.15. The Kier molecular flexibility index (Phi) is 2.71. The van der Waals surface area contributed by atoms with E-state index in [1.807, 2.05) is 0 Å². The van der Waals surface area contributed by atoms with E-state index in [1.165, 1.54) is 0 Å². The molecule has 0 aromatic rings. The molecule has 0 aromatic heterocycles. The van der Waals surface area contributed by atoms with Crippen LogP contribution in [0.15, 0.2) is 23.5 Å². The van der Waals surface area contributed by atoms with E-state index in [1.54, 1.807) is 12.2 Å². The molecular weight excluding hydrogens is 195 g/mol. The summed E-state index contributed by atoms with van der Waals surface area (Å²) in [4.78, 5) is 22.6. The fourth-order valence-electron chi connectivity index (χ4n) is 1.40. The summed E-state index contributed by atoms with van der Waals surface area (Å²) in [6.45, 7) is 0. The Labute approximate surface area is 109 Å². The predicted molar refractivity (Wildman–Crippen MR) is 46.6 cm³/mol. The number of rotatable bonds is 0. The maximum absolute atomic E-state index is 11.4. The fourth-order valence-corrected chi connectivity index (χ4v) is 2.08. The summed E-state index contributed by atoms with van der Waals surface area (Å²) in [6.07, 6.45) is 3.97. The van der Waals surface area contributed by atoms with Crippen molar-refractivity contribution in [3.05, 3.63) is 23.5 Å². The van der Waals surface area contributed by atoms with Gasteiger partial charge in [-0.15, -0.1) is 0 Å². The number of carbonyl (C=O) groups is 2. The Morgan fingerprint density at radius 1 is 1.46 bits per heavy atom. The summed E-state index contributed by atoms with van der Waals surface area (Å²) in [6, 6.07) is 0. The van der Waals surface area contributed by atoms with Gasteiger partial charge in [0, 0.05) is 0 Å². The molecule has 4 nitrogen and oxygen atoms in total. The molecule has 0 bridgehead atoms. The zero-order valence-corrected chi connectivity index (χ0v) is 10.4. The zero-order valence-electron chi connectivity index (χ0n) is 7.26. The van der Waals surface area contributed by atoms with Crippen molar-refractivity contribution in [2.75, 3.05) is 0 Å². The van der Waals surface area contributed by atoms with Gasteiger partial charge in [-0.1, -0.05) is 0 Å². The Bertz CT molecular complexity index is 346. The predicted octanol–water partition coefficient (Wildman–Crippen LogP) is -1.06. The third-order valence-corrected chi connectivity index (χ3v) is 3.42. The molecule has 1 heterocycles. The summed E-state index contributed by atoms with van der Waals surface area (Å²) >= 11 is 0.344. The van der Waals surface area contributed by atoms with Gasteiger partial charge in [0.15, 0.2) is 0 Å². The molecule has 0 aromatic carbocycles. The topological polar surface area (TPSA) is 58.2 Å². The molecule has 2 N–H and O–H groups in total. The summed E-state index contributed by atoms with van der Waals surface area (Å²) in [7, 11) is 0. The van der Waals surface area contributed by atoms with Crippen LogP contribution in [0.2, 0.25) is 0 Å². The van der Waals surface area contributed by atoms with Gasteiger partial charge in [-0.2, -0.15) is 0 Å². The van der Waals surface area contributed by atoms with Crippen LogP contribution in [-0.4, -0.2) is 60.8 Å². The van der Waals surface area contributed by atoms with Gasteiger partial charge >= 0.3 is 111 Å². The molecule has 1 amide bonds. The van der Waals surface area contributed by atoms with Crippen LogP contribution >= 0.6 is 0 Å². The molecule has 13 heavy (non-hydrogen) atoms. The molecule has 62 valence electrons. The van der Waals surface area contributed by atoms with Gasteiger partial charge < -0.3 is 0 Å². The fraction of sp³-hybridized carbons (Fsp3) is 0.250. The number of ketones is 1. The average molecular weight is 202 g/mol. The second kappa shape index (κ2) is 3.66. The molecule has 2 rings (SSSR count). The van der Waals surface area contributed by atoms with Gasteiger partial charge in [-0.25, -0.2) is 0 Å². The van der Waals surface area contributed by atoms with Crippen LogP contribution in [-0.2, 0) is 9.59 Å². The van der Waals surface area contributed by atoms with Gasteiger partial charge in [-0.3, -0.25) is 0 Å². The molecule has 5 heteroatoms. The van der Waals surface area contributed by atoms with Gasteiger partial charge in [0.1, 0.15) is 0 Å². The molecule has 1 aliphatic carbocycles. The SMILES string of the molecule is O=C1CC=CC2=C1N[CH]([K])C(=O)N2. The number of amides is 1. The number of hydrogen-bond acceptors (Lipinski definition) is 3. The van der Waals surface area contributed by atoms with Crippen molar-refractivity contribution in [2.45, 2.75) is 6.56 Å². The number of Topliss-reactive ketones (excluding diaryl/α,β-unsaturated/α-hetero) is 1. The first-order valence-electron chi connectivity index (χ1n) is 4.20. The number of allylic oxidation sites excluding steroid dienone is 3. The Balaban J connectivity index is 2.37. The van der Waals surface area contributed by atoms with Gasteiger partial charge in [0.25, 0.3) is 0 Å². The van der Waals surface area contributed by atoms with Gasteiger partial charge in [0.05, 0.1) is 0 Å². The van der Waals surface area contributed by atoms with E-state index in [2.05, 4.69) is 10.6 Å². The standard InChI is InChI=1S/C8H7N2O2.K/c11-6-3-1-2-5-8(6)9-4-7(12)10-5;/h1-2,4,9H,3H2,(H,10,12);. The minimum absolute atomic E-state index is 0.0156. The number of carbonyl (C=O) groups excluding carboxylic acids is 2. The van der Waals surface area contributed by atoms with Crippen LogP contribution in [0.4, 0.5) is 0 Å². The number of hydrogen-bond donors (Lipinski definition) is 2. The summed E-state index contributed by atoms with van der Waals surface area (Å²) < 4.78 is -0.137. The summed E-state index contributed by atoms with van der Waals surface area (Å²) in [5.41, 5.74) is 1.21.